The molecule has 0 amide bonds. The summed E-state index contributed by atoms with van der Waals surface area (Å²) in [6.07, 6.45) is 3.22. The van der Waals surface area contributed by atoms with Crippen LogP contribution in [0.3, 0.4) is 0 Å². The summed E-state index contributed by atoms with van der Waals surface area (Å²) in [5.41, 5.74) is 2.01. The first-order chi connectivity index (χ1) is 8.97. The van der Waals surface area contributed by atoms with E-state index >= 15 is 0 Å². The fourth-order valence-electron chi connectivity index (χ4n) is 1.94. The molecule has 0 saturated heterocycles. The minimum atomic E-state index is -0.297. The van der Waals surface area contributed by atoms with Crippen molar-refractivity contribution in [3.05, 3.63) is 48.3 Å². The van der Waals surface area contributed by atoms with Crippen LogP contribution in [0, 0.1) is 5.41 Å². The third kappa shape index (κ3) is 3.67. The lowest BCUT2D eigenvalue weighted by atomic mass is 9.86. The SMILES string of the molecule is CC(C)(C)C(O)CCc1ccn(-c2ccccc2)n1. The topological polar surface area (TPSA) is 38.0 Å². The fraction of sp³-hybridized carbons (Fsp3) is 0.438. The van der Waals surface area contributed by atoms with Gasteiger partial charge < -0.3 is 5.11 Å². The fourth-order valence-corrected chi connectivity index (χ4v) is 1.94. The number of aliphatic hydroxyl groups excluding tert-OH is 1. The highest BCUT2D eigenvalue weighted by molar-refractivity contribution is 5.30. The molecule has 1 heterocycles. The average Bonchev–Trinajstić information content (AvgIpc) is 2.84. The zero-order valence-electron chi connectivity index (χ0n) is 11.9. The van der Waals surface area contributed by atoms with Crippen molar-refractivity contribution < 1.29 is 5.11 Å². The molecule has 0 aliphatic rings. The number of nitrogens with zero attached hydrogens (tertiary/aromatic N) is 2. The normalized spacial score (nSPS) is 13.5. The molecule has 2 rings (SSSR count). The quantitative estimate of drug-likeness (QED) is 0.914. The first kappa shape index (κ1) is 13.8. The second-order valence-corrected chi connectivity index (χ2v) is 6.01. The molecule has 0 saturated carbocycles. The van der Waals surface area contributed by atoms with Crippen molar-refractivity contribution in [2.45, 2.75) is 39.7 Å². The number of aromatic nitrogens is 2. The van der Waals surface area contributed by atoms with E-state index in [1.807, 2.05) is 47.3 Å². The van der Waals surface area contributed by atoms with Gasteiger partial charge in [0.05, 0.1) is 17.5 Å². The molecular weight excluding hydrogens is 236 g/mol. The van der Waals surface area contributed by atoms with Crippen LogP contribution in [0.1, 0.15) is 32.9 Å². The van der Waals surface area contributed by atoms with Gasteiger partial charge in [-0.25, -0.2) is 4.68 Å². The Kier molecular flexibility index (Phi) is 4.05. The average molecular weight is 258 g/mol. The Morgan fingerprint density at radius 2 is 1.84 bits per heavy atom. The number of hydrogen-bond donors (Lipinski definition) is 1. The Labute approximate surface area is 114 Å². The van der Waals surface area contributed by atoms with E-state index in [0.717, 1.165) is 24.2 Å². The van der Waals surface area contributed by atoms with E-state index in [1.165, 1.54) is 0 Å². The summed E-state index contributed by atoms with van der Waals surface area (Å²) in [4.78, 5) is 0. The van der Waals surface area contributed by atoms with Crippen molar-refractivity contribution in [2.75, 3.05) is 0 Å². The molecule has 0 fully saturated rings. The molecule has 0 aliphatic heterocycles. The van der Waals surface area contributed by atoms with Gasteiger partial charge in [-0.3, -0.25) is 0 Å². The van der Waals surface area contributed by atoms with E-state index in [-0.39, 0.29) is 11.5 Å². The molecule has 1 unspecified atom stereocenters. The van der Waals surface area contributed by atoms with E-state index in [2.05, 4.69) is 25.9 Å². The second kappa shape index (κ2) is 5.57. The maximum atomic E-state index is 10.0. The number of benzene rings is 1. The molecule has 0 spiro atoms. The molecule has 2 aromatic rings. The highest BCUT2D eigenvalue weighted by Crippen LogP contribution is 2.22. The monoisotopic (exact) mass is 258 g/mol. The predicted molar refractivity (Wildman–Crippen MR) is 77.3 cm³/mol. The van der Waals surface area contributed by atoms with Gasteiger partial charge in [0.1, 0.15) is 0 Å². The lowest BCUT2D eigenvalue weighted by molar-refractivity contribution is 0.0558. The molecule has 0 bridgehead atoms. The van der Waals surface area contributed by atoms with Gasteiger partial charge in [0.15, 0.2) is 0 Å². The second-order valence-electron chi connectivity index (χ2n) is 6.01. The highest BCUT2D eigenvalue weighted by Gasteiger charge is 2.21. The molecule has 0 aliphatic carbocycles. The molecule has 19 heavy (non-hydrogen) atoms. The van der Waals surface area contributed by atoms with Crippen LogP contribution in [0.2, 0.25) is 0 Å². The smallest absolute Gasteiger partial charge is 0.0645 e. The predicted octanol–water partition coefficient (Wildman–Crippen LogP) is 3.21. The summed E-state index contributed by atoms with van der Waals surface area (Å²) >= 11 is 0. The Balaban J connectivity index is 1.99. The first-order valence-electron chi connectivity index (χ1n) is 6.75. The van der Waals surface area contributed by atoms with Crippen molar-refractivity contribution in [1.29, 1.82) is 0 Å². The molecule has 3 nitrogen and oxygen atoms in total. The van der Waals surface area contributed by atoms with Crippen molar-refractivity contribution >= 4 is 0 Å². The van der Waals surface area contributed by atoms with E-state index in [1.54, 1.807) is 0 Å². The summed E-state index contributed by atoms with van der Waals surface area (Å²) in [6.45, 7) is 6.17. The summed E-state index contributed by atoms with van der Waals surface area (Å²) in [5, 5.41) is 14.6. The van der Waals surface area contributed by atoms with Gasteiger partial charge in [-0.1, -0.05) is 39.0 Å². The Morgan fingerprint density at radius 1 is 1.16 bits per heavy atom. The maximum Gasteiger partial charge on any atom is 0.0645 e. The van der Waals surface area contributed by atoms with Crippen LogP contribution in [0.15, 0.2) is 42.6 Å². The van der Waals surface area contributed by atoms with E-state index < -0.39 is 0 Å². The minimum absolute atomic E-state index is 0.0675. The molecule has 0 radical (unpaired) electrons. The number of hydrogen-bond acceptors (Lipinski definition) is 2. The van der Waals surface area contributed by atoms with Crippen LogP contribution < -0.4 is 0 Å². The van der Waals surface area contributed by atoms with Crippen LogP contribution in [0.5, 0.6) is 0 Å². The van der Waals surface area contributed by atoms with Gasteiger partial charge >= 0.3 is 0 Å². The lowest BCUT2D eigenvalue weighted by Gasteiger charge is -2.25. The van der Waals surface area contributed by atoms with Gasteiger partial charge in [-0.15, -0.1) is 0 Å². The number of rotatable bonds is 4. The largest absolute Gasteiger partial charge is 0.393 e. The third-order valence-electron chi connectivity index (χ3n) is 3.34. The van der Waals surface area contributed by atoms with Crippen molar-refractivity contribution in [3.63, 3.8) is 0 Å². The number of aryl methyl sites for hydroxylation is 1. The van der Waals surface area contributed by atoms with Gasteiger partial charge in [0.25, 0.3) is 0 Å². The van der Waals surface area contributed by atoms with E-state index in [0.29, 0.717) is 0 Å². The van der Waals surface area contributed by atoms with Crippen LogP contribution in [-0.4, -0.2) is 21.0 Å². The van der Waals surface area contributed by atoms with Crippen LogP contribution in [-0.2, 0) is 6.42 Å². The van der Waals surface area contributed by atoms with E-state index in [9.17, 15) is 5.11 Å². The molecule has 102 valence electrons. The summed E-state index contributed by atoms with van der Waals surface area (Å²) in [6, 6.07) is 12.1. The van der Waals surface area contributed by atoms with Gasteiger partial charge in [-0.05, 0) is 36.5 Å². The molecule has 1 aromatic heterocycles. The Bertz CT molecular complexity index is 511. The molecule has 1 aromatic carbocycles. The first-order valence-corrected chi connectivity index (χ1v) is 6.75. The van der Waals surface area contributed by atoms with Crippen molar-refractivity contribution in [3.8, 4) is 5.69 Å². The molecule has 1 atom stereocenters. The summed E-state index contributed by atoms with van der Waals surface area (Å²) < 4.78 is 1.87. The standard InChI is InChI=1S/C16H22N2O/c1-16(2,3)15(19)10-9-13-11-12-18(17-13)14-7-5-4-6-8-14/h4-8,11-12,15,19H,9-10H2,1-3H3. The Morgan fingerprint density at radius 3 is 2.47 bits per heavy atom. The van der Waals surface area contributed by atoms with Crippen molar-refractivity contribution in [2.24, 2.45) is 5.41 Å². The zero-order valence-corrected chi connectivity index (χ0v) is 11.9. The molecular formula is C16H22N2O. The Hall–Kier alpha value is -1.61. The zero-order chi connectivity index (χ0) is 13.9. The summed E-state index contributed by atoms with van der Waals surface area (Å²) in [7, 11) is 0. The number of aliphatic hydroxyl groups is 1. The maximum absolute atomic E-state index is 10.0. The third-order valence-corrected chi connectivity index (χ3v) is 3.34. The van der Waals surface area contributed by atoms with Crippen molar-refractivity contribution in [1.82, 2.24) is 9.78 Å². The molecule has 1 N–H and O–H groups in total. The summed E-state index contributed by atoms with van der Waals surface area (Å²) in [5.74, 6) is 0. The minimum Gasteiger partial charge on any atom is -0.393 e. The van der Waals surface area contributed by atoms with Crippen LogP contribution >= 0.6 is 0 Å². The van der Waals surface area contributed by atoms with Gasteiger partial charge in [0, 0.05) is 6.20 Å². The van der Waals surface area contributed by atoms with Crippen LogP contribution in [0.4, 0.5) is 0 Å². The number of para-hydroxylation sites is 1. The van der Waals surface area contributed by atoms with Gasteiger partial charge in [-0.2, -0.15) is 5.10 Å². The highest BCUT2D eigenvalue weighted by atomic mass is 16.3. The van der Waals surface area contributed by atoms with Crippen LogP contribution in [0.25, 0.3) is 5.69 Å². The van der Waals surface area contributed by atoms with Gasteiger partial charge in [0.2, 0.25) is 0 Å². The van der Waals surface area contributed by atoms with E-state index in [4.69, 9.17) is 0 Å². The lowest BCUT2D eigenvalue weighted by Crippen LogP contribution is -2.26. The molecule has 3 heteroatoms.